The summed E-state index contributed by atoms with van der Waals surface area (Å²) in [7, 11) is 0. The topological polar surface area (TPSA) is 0 Å². The maximum Gasteiger partial charge on any atom is 0.0524 e. The second kappa shape index (κ2) is 3.11. The third-order valence-electron chi connectivity index (χ3n) is 1.74. The highest BCUT2D eigenvalue weighted by molar-refractivity contribution is 8.17. The summed E-state index contributed by atoms with van der Waals surface area (Å²) in [5.74, 6) is 1.18. The van der Waals surface area contributed by atoms with E-state index in [9.17, 15) is 0 Å². The molecule has 0 fully saturated rings. The van der Waals surface area contributed by atoms with Crippen molar-refractivity contribution in [3.63, 3.8) is 0 Å². The third-order valence-corrected chi connectivity index (χ3v) is 4.37. The van der Waals surface area contributed by atoms with Crippen LogP contribution in [0.2, 0.25) is 0 Å². The van der Waals surface area contributed by atoms with Gasteiger partial charge in [-0.05, 0) is 18.6 Å². The Balaban J connectivity index is 2.34. The van der Waals surface area contributed by atoms with Gasteiger partial charge >= 0.3 is 0 Å². The van der Waals surface area contributed by atoms with E-state index in [-0.39, 0.29) is 0 Å². The van der Waals surface area contributed by atoms with Crippen molar-refractivity contribution in [2.75, 3.05) is 0 Å². The first kappa shape index (κ1) is 7.56. The molecule has 1 unspecified atom stereocenters. The molecule has 58 valence electrons. The van der Waals surface area contributed by atoms with E-state index < -0.39 is 0 Å². The minimum absolute atomic E-state index is 0.727. The largest absolute Gasteiger partial charge is 0.143 e. The lowest BCUT2D eigenvalue weighted by Crippen LogP contribution is -1.99. The van der Waals surface area contributed by atoms with Crippen molar-refractivity contribution in [2.45, 2.75) is 22.2 Å². The molecule has 0 radical (unpaired) electrons. The van der Waals surface area contributed by atoms with Crippen LogP contribution in [-0.4, -0.2) is 4.58 Å². The standard InChI is InChI=1S/C9H10S2/c1-7-10-6-8-4-2-3-5-9(8)11-7/h2-5,7H,6H2,1H3. The summed E-state index contributed by atoms with van der Waals surface area (Å²) < 4.78 is 0.727. The average Bonchev–Trinajstić information content (AvgIpc) is 2.04. The number of hydrogen-bond donors (Lipinski definition) is 0. The van der Waals surface area contributed by atoms with Crippen molar-refractivity contribution in [3.8, 4) is 0 Å². The van der Waals surface area contributed by atoms with Gasteiger partial charge in [-0.25, -0.2) is 0 Å². The molecule has 0 bridgehead atoms. The van der Waals surface area contributed by atoms with E-state index in [0.717, 1.165) is 4.58 Å². The Labute approximate surface area is 75.8 Å². The molecule has 0 amide bonds. The van der Waals surface area contributed by atoms with Gasteiger partial charge in [-0.15, -0.1) is 23.5 Å². The molecule has 1 aliphatic heterocycles. The van der Waals surface area contributed by atoms with Crippen molar-refractivity contribution in [3.05, 3.63) is 29.8 Å². The molecule has 2 rings (SSSR count). The Hall–Kier alpha value is -0.0800. The average molecular weight is 182 g/mol. The first-order chi connectivity index (χ1) is 5.36. The molecule has 0 aromatic heterocycles. The Morgan fingerprint density at radius 2 is 2.18 bits per heavy atom. The second-order valence-electron chi connectivity index (χ2n) is 2.60. The van der Waals surface area contributed by atoms with Crippen LogP contribution < -0.4 is 0 Å². The van der Waals surface area contributed by atoms with E-state index in [2.05, 4.69) is 31.2 Å². The molecular weight excluding hydrogens is 172 g/mol. The molecule has 1 aliphatic rings. The van der Waals surface area contributed by atoms with Gasteiger partial charge in [0, 0.05) is 10.6 Å². The molecule has 0 N–H and O–H groups in total. The summed E-state index contributed by atoms with van der Waals surface area (Å²) >= 11 is 4.00. The maximum atomic E-state index is 2.27. The summed E-state index contributed by atoms with van der Waals surface area (Å²) in [6, 6.07) is 8.68. The number of benzene rings is 1. The van der Waals surface area contributed by atoms with Gasteiger partial charge in [-0.2, -0.15) is 0 Å². The molecule has 1 heterocycles. The molecule has 0 spiro atoms. The summed E-state index contributed by atoms with van der Waals surface area (Å²) in [5, 5.41) is 0. The highest BCUT2D eigenvalue weighted by Crippen LogP contribution is 2.40. The van der Waals surface area contributed by atoms with E-state index in [4.69, 9.17) is 0 Å². The van der Waals surface area contributed by atoms with Crippen LogP contribution in [0.15, 0.2) is 29.2 Å². The predicted octanol–water partition coefficient (Wildman–Crippen LogP) is 3.37. The van der Waals surface area contributed by atoms with Crippen LogP contribution >= 0.6 is 23.5 Å². The van der Waals surface area contributed by atoms with Gasteiger partial charge in [0.05, 0.1) is 4.58 Å². The van der Waals surface area contributed by atoms with Crippen molar-refractivity contribution in [1.29, 1.82) is 0 Å². The monoisotopic (exact) mass is 182 g/mol. The zero-order chi connectivity index (χ0) is 7.68. The van der Waals surface area contributed by atoms with Gasteiger partial charge < -0.3 is 0 Å². The molecule has 11 heavy (non-hydrogen) atoms. The van der Waals surface area contributed by atoms with Crippen LogP contribution in [0.3, 0.4) is 0 Å². The summed E-state index contributed by atoms with van der Waals surface area (Å²) in [4.78, 5) is 1.47. The lowest BCUT2D eigenvalue weighted by molar-refractivity contribution is 1.22. The quantitative estimate of drug-likeness (QED) is 0.603. The summed E-state index contributed by atoms with van der Waals surface area (Å²) in [6.45, 7) is 2.27. The lowest BCUT2D eigenvalue weighted by Gasteiger charge is -2.19. The highest BCUT2D eigenvalue weighted by Gasteiger charge is 2.14. The van der Waals surface area contributed by atoms with Crippen LogP contribution in [0.1, 0.15) is 12.5 Å². The number of rotatable bonds is 0. The molecule has 1 aromatic carbocycles. The summed E-state index contributed by atoms with van der Waals surface area (Å²) in [5.41, 5.74) is 1.50. The van der Waals surface area contributed by atoms with Gasteiger partial charge in [0.2, 0.25) is 0 Å². The molecule has 0 nitrogen and oxygen atoms in total. The van der Waals surface area contributed by atoms with Crippen LogP contribution in [0.4, 0.5) is 0 Å². The Morgan fingerprint density at radius 1 is 1.36 bits per heavy atom. The molecule has 1 atom stereocenters. The van der Waals surface area contributed by atoms with Crippen LogP contribution in [0, 0.1) is 0 Å². The van der Waals surface area contributed by atoms with Gasteiger partial charge in [-0.3, -0.25) is 0 Å². The van der Waals surface area contributed by atoms with E-state index >= 15 is 0 Å². The Kier molecular flexibility index (Phi) is 2.14. The number of fused-ring (bicyclic) bond motifs is 1. The van der Waals surface area contributed by atoms with Crippen LogP contribution in [-0.2, 0) is 5.75 Å². The number of thioether (sulfide) groups is 2. The first-order valence-corrected chi connectivity index (χ1v) is 5.65. The lowest BCUT2D eigenvalue weighted by atomic mass is 10.2. The smallest absolute Gasteiger partial charge is 0.0524 e. The number of hydrogen-bond acceptors (Lipinski definition) is 2. The molecule has 0 saturated heterocycles. The van der Waals surface area contributed by atoms with Gasteiger partial charge in [0.25, 0.3) is 0 Å². The minimum Gasteiger partial charge on any atom is -0.143 e. The fraction of sp³-hybridized carbons (Fsp3) is 0.333. The first-order valence-electron chi connectivity index (χ1n) is 3.72. The maximum absolute atomic E-state index is 2.27. The van der Waals surface area contributed by atoms with Crippen LogP contribution in [0.25, 0.3) is 0 Å². The van der Waals surface area contributed by atoms with Crippen molar-refractivity contribution < 1.29 is 0 Å². The van der Waals surface area contributed by atoms with Crippen molar-refractivity contribution >= 4 is 23.5 Å². The van der Waals surface area contributed by atoms with Gasteiger partial charge in [0.15, 0.2) is 0 Å². The molecule has 1 aromatic rings. The SMILES string of the molecule is CC1SCc2ccccc2S1. The second-order valence-corrected chi connectivity index (χ2v) is 5.61. The molecule has 2 heteroatoms. The minimum atomic E-state index is 0.727. The predicted molar refractivity (Wildman–Crippen MR) is 53.1 cm³/mol. The normalized spacial score (nSPS) is 22.8. The Bertz CT molecular complexity index is 257. The Morgan fingerprint density at radius 3 is 3.09 bits per heavy atom. The third kappa shape index (κ3) is 1.57. The van der Waals surface area contributed by atoms with Crippen LogP contribution in [0.5, 0.6) is 0 Å². The van der Waals surface area contributed by atoms with E-state index in [1.165, 1.54) is 16.2 Å². The van der Waals surface area contributed by atoms with E-state index in [1.807, 2.05) is 23.5 Å². The van der Waals surface area contributed by atoms with E-state index in [1.54, 1.807) is 0 Å². The van der Waals surface area contributed by atoms with Gasteiger partial charge in [-0.1, -0.05) is 18.2 Å². The van der Waals surface area contributed by atoms with Crippen molar-refractivity contribution in [2.24, 2.45) is 0 Å². The van der Waals surface area contributed by atoms with Gasteiger partial charge in [0.1, 0.15) is 0 Å². The summed E-state index contributed by atoms with van der Waals surface area (Å²) in [6.07, 6.45) is 0. The van der Waals surface area contributed by atoms with Crippen molar-refractivity contribution in [1.82, 2.24) is 0 Å². The fourth-order valence-corrected chi connectivity index (χ4v) is 3.51. The fourth-order valence-electron chi connectivity index (χ4n) is 1.16. The molecule has 0 saturated carbocycles. The molecule has 0 aliphatic carbocycles. The zero-order valence-corrected chi connectivity index (χ0v) is 8.04. The highest BCUT2D eigenvalue weighted by atomic mass is 32.2. The molecular formula is C9H10S2. The zero-order valence-electron chi connectivity index (χ0n) is 6.41. The van der Waals surface area contributed by atoms with E-state index in [0.29, 0.717) is 0 Å².